The van der Waals surface area contributed by atoms with E-state index in [-0.39, 0.29) is 0 Å². The summed E-state index contributed by atoms with van der Waals surface area (Å²) in [6.07, 6.45) is 0. The molecule has 0 atom stereocenters. The van der Waals surface area contributed by atoms with E-state index in [0.29, 0.717) is 12.5 Å². The van der Waals surface area contributed by atoms with E-state index in [9.17, 15) is 0 Å². The summed E-state index contributed by atoms with van der Waals surface area (Å²) in [5.74, 6) is 2.46. The topological polar surface area (TPSA) is 38.5 Å². The Kier molecular flexibility index (Phi) is 5.71. The number of rotatable bonds is 7. The molecule has 4 nitrogen and oxygen atoms in total. The Bertz CT molecular complexity index is 769. The van der Waals surface area contributed by atoms with Gasteiger partial charge in [0.15, 0.2) is 0 Å². The average molecular weight is 407 g/mol. The molecule has 2 heterocycles. The monoisotopic (exact) mass is 406 g/mol. The van der Waals surface area contributed by atoms with Gasteiger partial charge in [-0.05, 0) is 49.7 Å². The lowest BCUT2D eigenvalue weighted by Gasteiger charge is -2.15. The maximum atomic E-state index is 5.78. The molecular weight excluding hydrogens is 388 g/mol. The molecule has 0 saturated carbocycles. The molecule has 0 saturated heterocycles. The molecule has 0 radical (unpaired) electrons. The summed E-state index contributed by atoms with van der Waals surface area (Å²) in [4.78, 5) is 7.87. The number of nitrogens with zero attached hydrogens (tertiary/aromatic N) is 2. The van der Waals surface area contributed by atoms with Gasteiger partial charge in [-0.25, -0.2) is 4.98 Å². The average Bonchev–Trinajstić information content (AvgIpc) is 3.20. The van der Waals surface area contributed by atoms with Gasteiger partial charge in [0.05, 0.1) is 10.6 Å². The number of likely N-dealkylation sites (N-methyl/N-ethyl adjacent to an activating group) is 1. The number of thiophene rings is 1. The first-order valence-electron chi connectivity index (χ1n) is 7.69. The number of halogens is 1. The van der Waals surface area contributed by atoms with Gasteiger partial charge in [-0.1, -0.05) is 22.0 Å². The molecule has 0 bridgehead atoms. The van der Waals surface area contributed by atoms with Gasteiger partial charge in [-0.3, -0.25) is 4.90 Å². The standard InChI is InChI=1S/C18H19BrN2O2S/c1-13-16(20-18(23-13)17-4-3-11-24-17)12-21(2)9-10-22-15-7-5-14(19)6-8-15/h3-8,11H,9-10,12H2,1-2H3. The summed E-state index contributed by atoms with van der Waals surface area (Å²) in [5, 5.41) is 2.03. The number of aromatic nitrogens is 1. The minimum absolute atomic E-state index is 0.632. The lowest BCUT2D eigenvalue weighted by molar-refractivity contribution is 0.231. The minimum atomic E-state index is 0.632. The highest BCUT2D eigenvalue weighted by Crippen LogP contribution is 2.26. The lowest BCUT2D eigenvalue weighted by Crippen LogP contribution is -2.24. The molecule has 126 valence electrons. The Balaban J connectivity index is 1.51. The molecule has 3 aromatic rings. The van der Waals surface area contributed by atoms with E-state index < -0.39 is 0 Å². The SMILES string of the molecule is Cc1oc(-c2cccs2)nc1CN(C)CCOc1ccc(Br)cc1. The van der Waals surface area contributed by atoms with Gasteiger partial charge in [0.1, 0.15) is 18.1 Å². The van der Waals surface area contributed by atoms with Crippen molar-refractivity contribution < 1.29 is 9.15 Å². The Morgan fingerprint density at radius 2 is 2.04 bits per heavy atom. The molecule has 24 heavy (non-hydrogen) atoms. The van der Waals surface area contributed by atoms with Crippen molar-refractivity contribution in [3.05, 3.63) is 57.7 Å². The van der Waals surface area contributed by atoms with Crippen LogP contribution in [0.2, 0.25) is 0 Å². The fraction of sp³-hybridized carbons (Fsp3) is 0.278. The van der Waals surface area contributed by atoms with Crippen LogP contribution in [0.15, 0.2) is 50.7 Å². The first-order chi connectivity index (χ1) is 11.6. The fourth-order valence-corrected chi connectivity index (χ4v) is 3.18. The van der Waals surface area contributed by atoms with Gasteiger partial charge in [0, 0.05) is 17.6 Å². The second-order valence-electron chi connectivity index (χ2n) is 5.54. The zero-order chi connectivity index (χ0) is 16.9. The van der Waals surface area contributed by atoms with Crippen LogP contribution in [0, 0.1) is 6.92 Å². The molecule has 0 aliphatic heterocycles. The first-order valence-corrected chi connectivity index (χ1v) is 9.36. The van der Waals surface area contributed by atoms with Crippen LogP contribution < -0.4 is 4.74 Å². The third-order valence-electron chi connectivity index (χ3n) is 3.60. The van der Waals surface area contributed by atoms with Crippen LogP contribution in [0.1, 0.15) is 11.5 Å². The number of ether oxygens (including phenoxy) is 1. The summed E-state index contributed by atoms with van der Waals surface area (Å²) in [5.41, 5.74) is 0.976. The fourth-order valence-electron chi connectivity index (χ4n) is 2.27. The quantitative estimate of drug-likeness (QED) is 0.554. The van der Waals surface area contributed by atoms with E-state index >= 15 is 0 Å². The van der Waals surface area contributed by atoms with E-state index in [1.54, 1.807) is 11.3 Å². The van der Waals surface area contributed by atoms with Gasteiger partial charge >= 0.3 is 0 Å². The lowest BCUT2D eigenvalue weighted by atomic mass is 10.3. The van der Waals surface area contributed by atoms with Crippen molar-refractivity contribution in [1.29, 1.82) is 0 Å². The van der Waals surface area contributed by atoms with E-state index in [2.05, 4.69) is 32.9 Å². The van der Waals surface area contributed by atoms with E-state index in [1.807, 2.05) is 48.7 Å². The van der Waals surface area contributed by atoms with Crippen LogP contribution >= 0.6 is 27.3 Å². The highest BCUT2D eigenvalue weighted by atomic mass is 79.9. The molecule has 0 N–H and O–H groups in total. The molecule has 1 aromatic carbocycles. The third kappa shape index (κ3) is 4.47. The van der Waals surface area contributed by atoms with Crippen LogP contribution in [-0.2, 0) is 6.54 Å². The van der Waals surface area contributed by atoms with Crippen molar-refractivity contribution in [3.8, 4) is 16.5 Å². The Hall–Kier alpha value is -1.63. The van der Waals surface area contributed by atoms with E-state index in [4.69, 9.17) is 9.15 Å². The molecule has 0 fully saturated rings. The van der Waals surface area contributed by atoms with Gasteiger partial charge in [0.2, 0.25) is 5.89 Å². The molecule has 0 aliphatic rings. The largest absolute Gasteiger partial charge is 0.492 e. The van der Waals surface area contributed by atoms with Crippen molar-refractivity contribution in [2.75, 3.05) is 20.2 Å². The van der Waals surface area contributed by atoms with Crippen LogP contribution in [0.3, 0.4) is 0 Å². The summed E-state index contributed by atoms with van der Waals surface area (Å²) < 4.78 is 12.6. The van der Waals surface area contributed by atoms with Crippen LogP contribution in [0.25, 0.3) is 10.8 Å². The molecule has 2 aromatic heterocycles. The van der Waals surface area contributed by atoms with E-state index in [0.717, 1.165) is 39.6 Å². The number of hydrogen-bond donors (Lipinski definition) is 0. The normalized spacial score (nSPS) is 11.2. The minimum Gasteiger partial charge on any atom is -0.492 e. The molecule has 6 heteroatoms. The zero-order valence-electron chi connectivity index (χ0n) is 13.7. The predicted octanol–water partition coefficient (Wildman–Crippen LogP) is 4.98. The molecule has 3 rings (SSSR count). The van der Waals surface area contributed by atoms with Gasteiger partial charge < -0.3 is 9.15 Å². The second-order valence-corrected chi connectivity index (χ2v) is 7.40. The van der Waals surface area contributed by atoms with Crippen molar-refractivity contribution in [2.45, 2.75) is 13.5 Å². The first kappa shape index (κ1) is 17.2. The number of oxazole rings is 1. The van der Waals surface area contributed by atoms with Crippen molar-refractivity contribution >= 4 is 27.3 Å². The smallest absolute Gasteiger partial charge is 0.236 e. The van der Waals surface area contributed by atoms with Crippen LogP contribution in [0.5, 0.6) is 5.75 Å². The van der Waals surface area contributed by atoms with E-state index in [1.165, 1.54) is 0 Å². The highest BCUT2D eigenvalue weighted by Gasteiger charge is 2.13. The number of aryl methyl sites for hydroxylation is 1. The summed E-state index contributed by atoms with van der Waals surface area (Å²) >= 11 is 5.05. The van der Waals surface area contributed by atoms with Gasteiger partial charge in [-0.2, -0.15) is 0 Å². The number of benzene rings is 1. The molecule has 0 unspecified atom stereocenters. The summed E-state index contributed by atoms with van der Waals surface area (Å²) in [6.45, 7) is 4.15. The highest BCUT2D eigenvalue weighted by molar-refractivity contribution is 9.10. The summed E-state index contributed by atoms with van der Waals surface area (Å²) in [6, 6.07) is 11.9. The maximum absolute atomic E-state index is 5.78. The van der Waals surface area contributed by atoms with Gasteiger partial charge in [-0.15, -0.1) is 11.3 Å². The third-order valence-corrected chi connectivity index (χ3v) is 4.99. The van der Waals surface area contributed by atoms with Gasteiger partial charge in [0.25, 0.3) is 0 Å². The Morgan fingerprint density at radius 1 is 1.25 bits per heavy atom. The molecule has 0 spiro atoms. The Morgan fingerprint density at radius 3 is 2.75 bits per heavy atom. The molecule has 0 aliphatic carbocycles. The number of hydrogen-bond acceptors (Lipinski definition) is 5. The van der Waals surface area contributed by atoms with Crippen LogP contribution in [0.4, 0.5) is 0 Å². The predicted molar refractivity (Wildman–Crippen MR) is 101 cm³/mol. The van der Waals surface area contributed by atoms with Crippen molar-refractivity contribution in [3.63, 3.8) is 0 Å². The zero-order valence-corrected chi connectivity index (χ0v) is 16.1. The summed E-state index contributed by atoms with van der Waals surface area (Å²) in [7, 11) is 2.06. The van der Waals surface area contributed by atoms with Crippen LogP contribution in [-0.4, -0.2) is 30.1 Å². The Labute approximate surface area is 154 Å². The second kappa shape index (κ2) is 7.96. The maximum Gasteiger partial charge on any atom is 0.236 e. The molecular formula is C18H19BrN2O2S. The molecule has 0 amide bonds. The van der Waals surface area contributed by atoms with Crippen molar-refractivity contribution in [1.82, 2.24) is 9.88 Å². The van der Waals surface area contributed by atoms with Crippen molar-refractivity contribution in [2.24, 2.45) is 0 Å².